The van der Waals surface area contributed by atoms with Crippen molar-refractivity contribution >= 4 is 17.3 Å². The first-order valence-corrected chi connectivity index (χ1v) is 10.6. The predicted molar refractivity (Wildman–Crippen MR) is 113 cm³/mol. The van der Waals surface area contributed by atoms with Gasteiger partial charge in [-0.25, -0.2) is 0 Å². The molecule has 0 saturated carbocycles. The van der Waals surface area contributed by atoms with Crippen molar-refractivity contribution in [2.45, 2.75) is 44.6 Å². The van der Waals surface area contributed by atoms with Crippen molar-refractivity contribution in [3.63, 3.8) is 0 Å². The Balaban J connectivity index is 0.00000231. The van der Waals surface area contributed by atoms with Crippen LogP contribution in [-0.4, -0.2) is 35.6 Å². The average molecular weight is 443 g/mol. The van der Waals surface area contributed by atoms with E-state index in [-0.39, 0.29) is 73.8 Å². The Morgan fingerprint density at radius 1 is 1.00 bits per heavy atom. The van der Waals surface area contributed by atoms with Gasteiger partial charge in [0.1, 0.15) is 0 Å². The van der Waals surface area contributed by atoms with Crippen molar-refractivity contribution in [3.05, 3.63) is 80.2 Å². The molecule has 2 aromatic rings. The Labute approximate surface area is 224 Å². The molecule has 0 N–H and O–H groups in total. The number of nitrogens with zero attached hydrogens (tertiary/aromatic N) is 2. The van der Waals surface area contributed by atoms with Gasteiger partial charge in [0, 0.05) is 36.5 Å². The Morgan fingerprint density at radius 3 is 2.00 bits per heavy atom. The average Bonchev–Trinajstić information content (AvgIpc) is 3.00. The van der Waals surface area contributed by atoms with Gasteiger partial charge in [-0.2, -0.15) is 0 Å². The number of hydrogen-bond donors (Lipinski definition) is 0. The van der Waals surface area contributed by atoms with E-state index in [2.05, 4.69) is 4.90 Å². The van der Waals surface area contributed by atoms with Crippen molar-refractivity contribution in [2.75, 3.05) is 18.0 Å². The SMILES string of the molecule is CC(C(c1cc2c3c(c1)CCCN3CCC2)[C-]1C(=O)c2ccccc2C1=O)[N+](=O)[O-].[K+]. The molecule has 0 aromatic heterocycles. The topological polar surface area (TPSA) is 80.5 Å². The third kappa shape index (κ3) is 3.70. The molecule has 2 heterocycles. The molecule has 2 atom stereocenters. The number of carbonyl (C=O) groups excluding carboxylic acids is 2. The number of rotatable bonds is 4. The summed E-state index contributed by atoms with van der Waals surface area (Å²) in [5.74, 6) is -1.56. The summed E-state index contributed by atoms with van der Waals surface area (Å²) in [6.45, 7) is 3.58. The Kier molecular flexibility index (Phi) is 6.43. The van der Waals surface area contributed by atoms with Gasteiger partial charge in [0.05, 0.1) is 11.6 Å². The first kappa shape index (κ1) is 22.7. The van der Waals surface area contributed by atoms with Crippen LogP contribution < -0.4 is 56.3 Å². The van der Waals surface area contributed by atoms with E-state index in [1.54, 1.807) is 24.3 Å². The van der Waals surface area contributed by atoms with E-state index in [1.165, 1.54) is 23.7 Å². The summed E-state index contributed by atoms with van der Waals surface area (Å²) in [7, 11) is 0. The second-order valence-electron chi connectivity index (χ2n) is 8.50. The van der Waals surface area contributed by atoms with Gasteiger partial charge >= 0.3 is 51.4 Å². The third-order valence-corrected chi connectivity index (χ3v) is 6.75. The number of hydrogen-bond acceptors (Lipinski definition) is 5. The van der Waals surface area contributed by atoms with Crippen LogP contribution in [-0.2, 0) is 12.8 Å². The molecule has 154 valence electrons. The molecule has 0 fully saturated rings. The predicted octanol–water partition coefficient (Wildman–Crippen LogP) is 0.792. The Bertz CT molecular complexity index is 1020. The normalized spacial score (nSPS) is 18.7. The fourth-order valence-electron chi connectivity index (χ4n) is 5.37. The van der Waals surface area contributed by atoms with Crippen LogP contribution in [0.3, 0.4) is 0 Å². The maximum atomic E-state index is 13.2. The van der Waals surface area contributed by atoms with E-state index in [0.29, 0.717) is 11.1 Å². The van der Waals surface area contributed by atoms with Crippen molar-refractivity contribution in [2.24, 2.45) is 0 Å². The molecular weight excluding hydrogens is 419 g/mol. The Hall–Kier alpha value is -1.51. The van der Waals surface area contributed by atoms with E-state index in [4.69, 9.17) is 0 Å². The number of nitro groups is 1. The molecule has 0 bridgehead atoms. The Morgan fingerprint density at radius 2 is 1.52 bits per heavy atom. The largest absolute Gasteiger partial charge is 1.00 e. The van der Waals surface area contributed by atoms with Crippen molar-refractivity contribution in [1.29, 1.82) is 0 Å². The van der Waals surface area contributed by atoms with Gasteiger partial charge in [0.15, 0.2) is 0 Å². The van der Waals surface area contributed by atoms with Crippen LogP contribution in [0.15, 0.2) is 36.4 Å². The van der Waals surface area contributed by atoms with Crippen LogP contribution in [0, 0.1) is 16.0 Å². The molecule has 2 aromatic carbocycles. The van der Waals surface area contributed by atoms with Gasteiger partial charge in [0.25, 0.3) is 0 Å². The van der Waals surface area contributed by atoms with Crippen LogP contribution in [0.2, 0.25) is 0 Å². The van der Waals surface area contributed by atoms with Gasteiger partial charge < -0.3 is 14.5 Å². The summed E-state index contributed by atoms with van der Waals surface area (Å²) >= 11 is 0. The molecule has 5 rings (SSSR count). The first-order valence-electron chi connectivity index (χ1n) is 10.6. The fourth-order valence-corrected chi connectivity index (χ4v) is 5.37. The molecule has 0 radical (unpaired) electrons. The number of carbonyl (C=O) groups is 2. The summed E-state index contributed by atoms with van der Waals surface area (Å²) in [5, 5.41) is 11.8. The number of fused-ring (bicyclic) bond motifs is 1. The van der Waals surface area contributed by atoms with Crippen LogP contribution in [0.4, 0.5) is 5.69 Å². The van der Waals surface area contributed by atoms with Crippen molar-refractivity contribution in [1.82, 2.24) is 0 Å². The molecule has 7 heteroatoms. The van der Waals surface area contributed by atoms with Crippen LogP contribution in [0.5, 0.6) is 0 Å². The van der Waals surface area contributed by atoms with Crippen molar-refractivity contribution < 1.29 is 65.9 Å². The van der Waals surface area contributed by atoms with Crippen LogP contribution in [0.1, 0.15) is 63.1 Å². The van der Waals surface area contributed by atoms with Gasteiger partial charge in [-0.3, -0.25) is 10.1 Å². The maximum Gasteiger partial charge on any atom is 1.00 e. The smallest absolute Gasteiger partial charge is 0.371 e. The summed E-state index contributed by atoms with van der Waals surface area (Å²) < 4.78 is 0. The second kappa shape index (κ2) is 8.79. The molecule has 1 aliphatic carbocycles. The minimum atomic E-state index is -1.07. The fraction of sp³-hybridized carbons (Fsp3) is 0.375. The van der Waals surface area contributed by atoms with E-state index in [1.807, 2.05) is 12.1 Å². The zero-order chi connectivity index (χ0) is 21.0. The number of anilines is 1. The summed E-state index contributed by atoms with van der Waals surface area (Å²) in [6, 6.07) is 9.65. The van der Waals surface area contributed by atoms with Gasteiger partial charge in [0.2, 0.25) is 6.04 Å². The molecular formula is C24H23KN2O4. The minimum absolute atomic E-state index is 0. The standard InChI is InChI=1S/C24H23N2O4.K/c1-14(26(29)30)20(21-23(27)18-8-2-3-9-19(18)24(21)28)17-12-15-6-4-10-25-11-5-7-16(13-17)22(15)25;/h2-3,8-9,12-14,20H,4-7,10-11H2,1H3;/q-1;+1. The zero-order valence-corrected chi connectivity index (χ0v) is 21.0. The molecule has 0 spiro atoms. The number of Topliss-reactive ketones (excluding diaryl/α,β-unsaturated/α-hetero) is 2. The van der Waals surface area contributed by atoms with Gasteiger partial charge in [-0.15, -0.1) is 23.3 Å². The minimum Gasteiger partial charge on any atom is -0.371 e. The number of benzene rings is 2. The molecule has 0 saturated heterocycles. The molecule has 31 heavy (non-hydrogen) atoms. The molecule has 2 aliphatic heterocycles. The summed E-state index contributed by atoms with van der Waals surface area (Å²) in [5.41, 5.74) is 5.06. The molecule has 0 amide bonds. The van der Waals surface area contributed by atoms with Gasteiger partial charge in [-0.1, -0.05) is 24.3 Å². The summed E-state index contributed by atoms with van der Waals surface area (Å²) in [4.78, 5) is 40.2. The summed E-state index contributed by atoms with van der Waals surface area (Å²) in [6.07, 6.45) is 3.93. The number of ketones is 2. The van der Waals surface area contributed by atoms with E-state index in [0.717, 1.165) is 44.3 Å². The van der Waals surface area contributed by atoms with Crippen LogP contribution in [0.25, 0.3) is 0 Å². The quantitative estimate of drug-likeness (QED) is 0.303. The number of aryl methyl sites for hydroxylation is 2. The van der Waals surface area contributed by atoms with E-state index in [9.17, 15) is 19.7 Å². The molecule has 6 nitrogen and oxygen atoms in total. The van der Waals surface area contributed by atoms with Crippen LogP contribution >= 0.6 is 0 Å². The van der Waals surface area contributed by atoms with Crippen molar-refractivity contribution in [3.8, 4) is 0 Å². The van der Waals surface area contributed by atoms with Gasteiger partial charge in [-0.05, 0) is 48.3 Å². The molecule has 2 unspecified atom stereocenters. The monoisotopic (exact) mass is 442 g/mol. The zero-order valence-electron chi connectivity index (χ0n) is 17.9. The second-order valence-corrected chi connectivity index (χ2v) is 8.50. The van der Waals surface area contributed by atoms with E-state index < -0.39 is 12.0 Å². The van der Waals surface area contributed by atoms with E-state index >= 15 is 0 Å². The molecule has 3 aliphatic rings. The maximum absolute atomic E-state index is 13.2. The third-order valence-electron chi connectivity index (χ3n) is 6.75. The first-order chi connectivity index (χ1) is 14.5.